The summed E-state index contributed by atoms with van der Waals surface area (Å²) in [6.07, 6.45) is 2.45. The van der Waals surface area contributed by atoms with E-state index in [0.717, 1.165) is 29.7 Å². The van der Waals surface area contributed by atoms with Crippen molar-refractivity contribution in [2.45, 2.75) is 57.1 Å². The van der Waals surface area contributed by atoms with E-state index in [1.807, 2.05) is 19.9 Å². The fourth-order valence-corrected chi connectivity index (χ4v) is 5.94. The molecule has 3 heterocycles. The average molecular weight is 455 g/mol. The third-order valence-corrected chi connectivity index (χ3v) is 8.12. The van der Waals surface area contributed by atoms with E-state index in [-0.39, 0.29) is 5.60 Å². The van der Waals surface area contributed by atoms with E-state index in [1.165, 1.54) is 4.31 Å². The molecule has 8 heteroatoms. The van der Waals surface area contributed by atoms with Crippen LogP contribution in [0.25, 0.3) is 0 Å². The lowest BCUT2D eigenvalue weighted by Gasteiger charge is -2.38. The Hall–Kier alpha value is -2.47. The highest BCUT2D eigenvalue weighted by Gasteiger charge is 2.34. The van der Waals surface area contributed by atoms with Crippen molar-refractivity contribution in [3.8, 4) is 6.07 Å². The van der Waals surface area contributed by atoms with Gasteiger partial charge in [0.15, 0.2) is 0 Å². The smallest absolute Gasteiger partial charge is 0.243 e. The number of nitriles is 1. The molecule has 1 aromatic heterocycles. The molecule has 0 spiro atoms. The Labute approximate surface area is 190 Å². The second kappa shape index (κ2) is 8.81. The van der Waals surface area contributed by atoms with Crippen molar-refractivity contribution in [3.63, 3.8) is 0 Å². The largest absolute Gasteiger partial charge is 0.370 e. The maximum Gasteiger partial charge on any atom is 0.243 e. The van der Waals surface area contributed by atoms with Crippen molar-refractivity contribution in [2.75, 3.05) is 31.1 Å². The molecule has 0 unspecified atom stereocenters. The monoisotopic (exact) mass is 454 g/mol. The van der Waals surface area contributed by atoms with E-state index in [4.69, 9.17) is 9.72 Å². The fraction of sp³-hybridized carbons (Fsp3) is 0.500. The van der Waals surface area contributed by atoms with Gasteiger partial charge in [-0.1, -0.05) is 31.5 Å². The molecular weight excluding hydrogens is 424 g/mol. The van der Waals surface area contributed by atoms with Gasteiger partial charge in [-0.25, -0.2) is 13.4 Å². The number of aromatic nitrogens is 1. The molecule has 2 aliphatic rings. The van der Waals surface area contributed by atoms with Gasteiger partial charge in [-0.15, -0.1) is 0 Å². The third-order valence-electron chi connectivity index (χ3n) is 6.21. The van der Waals surface area contributed by atoms with Crippen LogP contribution in [0.15, 0.2) is 35.2 Å². The lowest BCUT2D eigenvalue weighted by Crippen LogP contribution is -2.49. The normalized spacial score (nSPS) is 18.8. The highest BCUT2D eigenvalue weighted by atomic mass is 32.2. The summed E-state index contributed by atoms with van der Waals surface area (Å²) in [5, 5.41) is 10.1. The predicted octanol–water partition coefficient (Wildman–Crippen LogP) is 3.27. The summed E-state index contributed by atoms with van der Waals surface area (Å²) in [6, 6.07) is 10.9. The topological polar surface area (TPSA) is 86.5 Å². The van der Waals surface area contributed by atoms with E-state index in [9.17, 15) is 13.7 Å². The first-order valence-corrected chi connectivity index (χ1v) is 12.6. The van der Waals surface area contributed by atoms with Gasteiger partial charge in [0, 0.05) is 43.9 Å². The maximum absolute atomic E-state index is 13.0. The molecule has 1 saturated heterocycles. The summed E-state index contributed by atoms with van der Waals surface area (Å²) >= 11 is 0. The summed E-state index contributed by atoms with van der Waals surface area (Å²) in [5.41, 5.74) is 3.36. The zero-order chi connectivity index (χ0) is 22.9. The van der Waals surface area contributed by atoms with Crippen LogP contribution in [-0.4, -0.2) is 49.5 Å². The number of benzene rings is 1. The van der Waals surface area contributed by atoms with Crippen LogP contribution in [0.3, 0.4) is 0 Å². The van der Waals surface area contributed by atoms with E-state index in [1.54, 1.807) is 24.3 Å². The molecule has 0 atom stereocenters. The van der Waals surface area contributed by atoms with Gasteiger partial charge in [0.05, 0.1) is 22.7 Å². The Bertz CT molecular complexity index is 1130. The lowest BCUT2D eigenvalue weighted by molar-refractivity contribution is -0.0407. The van der Waals surface area contributed by atoms with Crippen molar-refractivity contribution in [1.29, 1.82) is 5.26 Å². The minimum absolute atomic E-state index is 0.311. The summed E-state index contributed by atoms with van der Waals surface area (Å²) in [7, 11) is -3.53. The van der Waals surface area contributed by atoms with E-state index in [0.29, 0.717) is 55.5 Å². The first-order valence-electron chi connectivity index (χ1n) is 11.2. The Balaban J connectivity index is 1.64. The van der Waals surface area contributed by atoms with E-state index < -0.39 is 10.0 Å². The van der Waals surface area contributed by atoms with E-state index >= 15 is 0 Å². The van der Waals surface area contributed by atoms with Gasteiger partial charge in [0.1, 0.15) is 11.9 Å². The second-order valence-electron chi connectivity index (χ2n) is 9.01. The van der Waals surface area contributed by atoms with Crippen LogP contribution in [0, 0.1) is 11.3 Å². The molecule has 0 radical (unpaired) electrons. The summed E-state index contributed by atoms with van der Waals surface area (Å²) < 4.78 is 33.5. The molecular formula is C24H30N4O3S. The predicted molar refractivity (Wildman–Crippen MR) is 123 cm³/mol. The van der Waals surface area contributed by atoms with Gasteiger partial charge in [-0.2, -0.15) is 9.57 Å². The summed E-state index contributed by atoms with van der Waals surface area (Å²) in [5.74, 6) is 0.684. The van der Waals surface area contributed by atoms with Crippen LogP contribution in [0.5, 0.6) is 0 Å². The van der Waals surface area contributed by atoms with Gasteiger partial charge in [-0.3, -0.25) is 0 Å². The van der Waals surface area contributed by atoms with Gasteiger partial charge in [-0.05, 0) is 38.0 Å². The number of pyridine rings is 1. The number of aryl methyl sites for hydroxylation is 1. The molecule has 170 valence electrons. The van der Waals surface area contributed by atoms with Gasteiger partial charge in [0.25, 0.3) is 0 Å². The fourth-order valence-electron chi connectivity index (χ4n) is 4.49. The van der Waals surface area contributed by atoms with Crippen molar-refractivity contribution in [1.82, 2.24) is 9.29 Å². The number of sulfonamides is 1. The Kier molecular flexibility index (Phi) is 6.26. The van der Waals surface area contributed by atoms with Crippen LogP contribution < -0.4 is 4.90 Å². The molecule has 0 saturated carbocycles. The molecule has 2 aromatic rings. The molecule has 32 heavy (non-hydrogen) atoms. The zero-order valence-corrected chi connectivity index (χ0v) is 19.8. The van der Waals surface area contributed by atoms with Crippen LogP contribution in [-0.2, 0) is 34.2 Å². The maximum atomic E-state index is 13.0. The molecule has 0 aliphatic carbocycles. The molecule has 2 aliphatic heterocycles. The van der Waals surface area contributed by atoms with Crippen molar-refractivity contribution >= 4 is 15.8 Å². The molecule has 0 amide bonds. The number of nitrogens with zero attached hydrogens (tertiary/aromatic N) is 4. The number of ether oxygens (including phenoxy) is 1. The lowest BCUT2D eigenvalue weighted by atomic mass is 9.87. The van der Waals surface area contributed by atoms with Crippen LogP contribution >= 0.6 is 0 Å². The molecule has 0 N–H and O–H groups in total. The molecule has 0 bridgehead atoms. The number of anilines is 1. The number of piperazine rings is 1. The van der Waals surface area contributed by atoms with Crippen molar-refractivity contribution in [3.05, 3.63) is 52.7 Å². The zero-order valence-electron chi connectivity index (χ0n) is 19.0. The van der Waals surface area contributed by atoms with Crippen LogP contribution in [0.4, 0.5) is 5.82 Å². The number of hydrogen-bond acceptors (Lipinski definition) is 6. The average Bonchev–Trinajstić information content (AvgIpc) is 2.79. The third kappa shape index (κ3) is 4.25. The first-order chi connectivity index (χ1) is 15.3. The molecule has 7 nitrogen and oxygen atoms in total. The number of fused-ring (bicyclic) bond motifs is 1. The van der Waals surface area contributed by atoms with Gasteiger partial charge >= 0.3 is 0 Å². The van der Waals surface area contributed by atoms with Gasteiger partial charge in [0.2, 0.25) is 10.0 Å². The summed E-state index contributed by atoms with van der Waals surface area (Å²) in [6.45, 7) is 8.40. The Morgan fingerprint density at radius 3 is 2.44 bits per heavy atom. The number of hydrogen-bond donors (Lipinski definition) is 0. The van der Waals surface area contributed by atoms with Crippen molar-refractivity contribution < 1.29 is 13.2 Å². The van der Waals surface area contributed by atoms with Gasteiger partial charge < -0.3 is 9.64 Å². The minimum Gasteiger partial charge on any atom is -0.370 e. The molecule has 1 aromatic carbocycles. The quantitative estimate of drug-likeness (QED) is 0.689. The minimum atomic E-state index is -3.53. The standard InChI is InChI=1S/C24H30N4O3S/c1-4-8-22-21-17-31-24(2,3)15-19(21)20(16-25)23(26-22)27-11-13-28(14-12-27)32(29,30)18-9-6-5-7-10-18/h5-7,9-10H,4,8,11-15,17H2,1-3H3. The van der Waals surface area contributed by atoms with Crippen molar-refractivity contribution in [2.24, 2.45) is 0 Å². The second-order valence-corrected chi connectivity index (χ2v) is 10.9. The van der Waals surface area contributed by atoms with Crippen LogP contribution in [0.2, 0.25) is 0 Å². The first kappa shape index (κ1) is 22.7. The summed E-state index contributed by atoms with van der Waals surface area (Å²) in [4.78, 5) is 7.30. The molecule has 1 fully saturated rings. The van der Waals surface area contributed by atoms with E-state index in [2.05, 4.69) is 17.9 Å². The van der Waals surface area contributed by atoms with Crippen LogP contribution in [0.1, 0.15) is 49.6 Å². The highest BCUT2D eigenvalue weighted by molar-refractivity contribution is 7.89. The Morgan fingerprint density at radius 1 is 1.12 bits per heavy atom. The molecule has 4 rings (SSSR count). The highest BCUT2D eigenvalue weighted by Crippen LogP contribution is 2.36. The SMILES string of the molecule is CCCc1nc(N2CCN(S(=O)(=O)c3ccccc3)CC2)c(C#N)c2c1COC(C)(C)C2. The number of rotatable bonds is 5. The Morgan fingerprint density at radius 2 is 1.81 bits per heavy atom.